The molecule has 0 spiro atoms. The summed E-state index contributed by atoms with van der Waals surface area (Å²) >= 11 is 0. The first-order valence-corrected chi connectivity index (χ1v) is 21.1. The van der Waals surface area contributed by atoms with E-state index in [1.165, 1.54) is 6.92 Å². The number of sulfone groups is 1. The molecule has 1 aliphatic heterocycles. The summed E-state index contributed by atoms with van der Waals surface area (Å²) in [5.74, 6) is -0.437. The van der Waals surface area contributed by atoms with Gasteiger partial charge >= 0.3 is 6.03 Å². The topological polar surface area (TPSA) is 142 Å². The molecule has 0 radical (unpaired) electrons. The second kappa shape index (κ2) is 14.9. The van der Waals surface area contributed by atoms with Crippen LogP contribution in [0.3, 0.4) is 0 Å². The van der Waals surface area contributed by atoms with Crippen LogP contribution < -0.4 is 16.0 Å². The van der Waals surface area contributed by atoms with Crippen molar-refractivity contribution in [3.8, 4) is 0 Å². The van der Waals surface area contributed by atoms with Gasteiger partial charge in [-0.3, -0.25) is 14.4 Å². The SMILES string of the molecule is C=C(NC(CC1CC1)C(=O)C(C)=O)[C@@H]1[C@H]2CCC(C)(C)[C@H]2CN1C(=O)[C@@H](NC(=O)NC1(CS(=O)(=O)C(C)(C)C)CCCCC1)C1CCCCC1. The number of carbonyl (C=O) groups excluding carboxylic acids is 4. The van der Waals surface area contributed by atoms with Crippen LogP contribution in [0.5, 0.6) is 0 Å². The molecular formula is C39H64N4O6S. The van der Waals surface area contributed by atoms with Gasteiger partial charge in [0, 0.05) is 19.2 Å². The van der Waals surface area contributed by atoms with Gasteiger partial charge in [-0.25, -0.2) is 13.2 Å². The Morgan fingerprint density at radius 1 is 0.880 bits per heavy atom. The molecule has 0 aromatic rings. The van der Waals surface area contributed by atoms with Gasteiger partial charge < -0.3 is 20.9 Å². The molecular weight excluding hydrogens is 653 g/mol. The maximum Gasteiger partial charge on any atom is 0.315 e. The lowest BCUT2D eigenvalue weighted by Crippen LogP contribution is -2.62. The highest BCUT2D eigenvalue weighted by atomic mass is 32.2. The van der Waals surface area contributed by atoms with Crippen LogP contribution >= 0.6 is 0 Å². The van der Waals surface area contributed by atoms with Crippen LogP contribution in [-0.4, -0.2) is 77.5 Å². The molecule has 5 aliphatic rings. The molecule has 4 aliphatic carbocycles. The van der Waals surface area contributed by atoms with Crippen LogP contribution in [0, 0.1) is 29.1 Å². The maximum atomic E-state index is 15.0. The number of nitrogens with one attached hydrogen (secondary N) is 3. The van der Waals surface area contributed by atoms with Crippen LogP contribution in [0.2, 0.25) is 0 Å². The third-order valence-corrected chi connectivity index (χ3v) is 15.8. The highest BCUT2D eigenvalue weighted by Gasteiger charge is 2.56. The minimum Gasteiger partial charge on any atom is -0.377 e. The van der Waals surface area contributed by atoms with Crippen molar-refractivity contribution in [3.05, 3.63) is 12.3 Å². The summed E-state index contributed by atoms with van der Waals surface area (Å²) in [6, 6.07) is -2.28. The normalized spacial score (nSPS) is 27.9. The van der Waals surface area contributed by atoms with Crippen molar-refractivity contribution in [2.24, 2.45) is 29.1 Å². The molecule has 3 N–H and O–H groups in total. The summed E-state index contributed by atoms with van der Waals surface area (Å²) in [4.78, 5) is 56.2. The summed E-state index contributed by atoms with van der Waals surface area (Å²) in [5.41, 5.74) is -0.272. The fourth-order valence-corrected chi connectivity index (χ4v) is 11.0. The van der Waals surface area contributed by atoms with E-state index in [0.29, 0.717) is 37.4 Å². The molecule has 3 amide bonds. The average Bonchev–Trinajstić information content (AvgIpc) is 3.69. The summed E-state index contributed by atoms with van der Waals surface area (Å²) < 4.78 is 25.9. The first-order chi connectivity index (χ1) is 23.3. The second-order valence-electron chi connectivity index (χ2n) is 18.2. The van der Waals surface area contributed by atoms with Gasteiger partial charge in [-0.2, -0.15) is 0 Å². The number of Topliss-reactive ketones (excluding diaryl/α,β-unsaturated/α-hetero) is 2. The molecule has 5 rings (SSSR count). The van der Waals surface area contributed by atoms with Gasteiger partial charge in [-0.1, -0.05) is 71.8 Å². The summed E-state index contributed by atoms with van der Waals surface area (Å²) in [5, 5.41) is 9.64. The lowest BCUT2D eigenvalue weighted by Gasteiger charge is -2.41. The molecule has 50 heavy (non-hydrogen) atoms. The summed E-state index contributed by atoms with van der Waals surface area (Å²) in [6.07, 6.45) is 13.2. The fraction of sp³-hybridized carbons (Fsp3) is 0.846. The molecule has 5 fully saturated rings. The van der Waals surface area contributed by atoms with E-state index in [2.05, 4.69) is 36.4 Å². The number of likely N-dealkylation sites (tertiary alicyclic amines) is 1. The van der Waals surface area contributed by atoms with Crippen molar-refractivity contribution in [1.29, 1.82) is 0 Å². The van der Waals surface area contributed by atoms with E-state index in [9.17, 15) is 27.6 Å². The number of nitrogens with zero attached hydrogens (tertiary/aromatic N) is 1. The number of ketones is 2. The molecule has 0 bridgehead atoms. The Hall–Kier alpha value is -2.43. The van der Waals surface area contributed by atoms with Crippen molar-refractivity contribution in [2.75, 3.05) is 12.3 Å². The smallest absolute Gasteiger partial charge is 0.315 e. The quantitative estimate of drug-likeness (QED) is 0.203. The van der Waals surface area contributed by atoms with Crippen LogP contribution in [0.25, 0.3) is 0 Å². The number of urea groups is 1. The van der Waals surface area contributed by atoms with Crippen molar-refractivity contribution < 1.29 is 27.6 Å². The van der Waals surface area contributed by atoms with Crippen LogP contribution in [-0.2, 0) is 24.2 Å². The number of rotatable bonds is 13. The van der Waals surface area contributed by atoms with Gasteiger partial charge in [0.05, 0.1) is 28.1 Å². The number of amides is 3. The Morgan fingerprint density at radius 3 is 2.08 bits per heavy atom. The molecule has 4 saturated carbocycles. The summed E-state index contributed by atoms with van der Waals surface area (Å²) in [7, 11) is -3.52. The van der Waals surface area contributed by atoms with Crippen molar-refractivity contribution >= 4 is 33.3 Å². The fourth-order valence-electron chi connectivity index (χ4n) is 9.53. The van der Waals surface area contributed by atoms with Crippen molar-refractivity contribution in [1.82, 2.24) is 20.9 Å². The van der Waals surface area contributed by atoms with Gasteiger partial charge in [0.25, 0.3) is 0 Å². The van der Waals surface area contributed by atoms with E-state index in [1.807, 2.05) is 4.90 Å². The molecule has 0 aromatic carbocycles. The molecule has 1 heterocycles. The van der Waals surface area contributed by atoms with E-state index in [1.54, 1.807) is 20.8 Å². The highest BCUT2D eigenvalue weighted by molar-refractivity contribution is 7.92. The van der Waals surface area contributed by atoms with E-state index < -0.39 is 49.8 Å². The average molecular weight is 717 g/mol. The molecule has 10 nitrogen and oxygen atoms in total. The monoisotopic (exact) mass is 716 g/mol. The predicted molar refractivity (Wildman–Crippen MR) is 196 cm³/mol. The largest absolute Gasteiger partial charge is 0.377 e. The van der Waals surface area contributed by atoms with Gasteiger partial charge in [0.1, 0.15) is 6.04 Å². The predicted octanol–water partition coefficient (Wildman–Crippen LogP) is 5.84. The molecule has 5 atom stereocenters. The zero-order chi connectivity index (χ0) is 36.6. The zero-order valence-electron chi connectivity index (χ0n) is 31.6. The third-order valence-electron chi connectivity index (χ3n) is 13.0. The number of fused-ring (bicyclic) bond motifs is 1. The molecule has 1 saturated heterocycles. The standard InChI is InChI=1S/C39H64N4O6S/c1-25(40-31(22-27-16-17-27)34(45)26(2)44)33-29-18-21-38(6,7)30(29)23-43(33)35(46)32(28-14-10-8-11-15-28)41-36(47)42-39(19-12-9-13-20-39)24-50(48,49)37(3,4)5/h27-33,40H,1,8-24H2,2-7H3,(H2,41,42,47)/t29-,30-,31?,32-,33+/m0/s1. The maximum absolute atomic E-state index is 15.0. The highest BCUT2D eigenvalue weighted by Crippen LogP contribution is 2.54. The van der Waals surface area contributed by atoms with Crippen LogP contribution in [0.1, 0.15) is 138 Å². The van der Waals surface area contributed by atoms with E-state index >= 15 is 0 Å². The molecule has 282 valence electrons. The first kappa shape index (κ1) is 38.8. The lowest BCUT2D eigenvalue weighted by molar-refractivity contribution is -0.137. The number of hydrogen-bond donors (Lipinski definition) is 3. The number of carbonyl (C=O) groups is 4. The molecule has 1 unspecified atom stereocenters. The van der Waals surface area contributed by atoms with E-state index in [-0.39, 0.29) is 40.9 Å². The Labute approximate surface area is 301 Å². The zero-order valence-corrected chi connectivity index (χ0v) is 32.4. The van der Waals surface area contributed by atoms with Crippen LogP contribution in [0.15, 0.2) is 12.3 Å². The van der Waals surface area contributed by atoms with Gasteiger partial charge in [-0.15, -0.1) is 0 Å². The summed E-state index contributed by atoms with van der Waals surface area (Å²) in [6.45, 7) is 15.9. The van der Waals surface area contributed by atoms with Crippen LogP contribution in [0.4, 0.5) is 4.79 Å². The van der Waals surface area contributed by atoms with E-state index in [0.717, 1.165) is 77.0 Å². The first-order valence-electron chi connectivity index (χ1n) is 19.5. The Kier molecular flexibility index (Phi) is 11.6. The molecule has 0 aromatic heterocycles. The van der Waals surface area contributed by atoms with E-state index in [4.69, 9.17) is 0 Å². The number of hydrogen-bond acceptors (Lipinski definition) is 7. The lowest BCUT2D eigenvalue weighted by atomic mass is 9.79. The third kappa shape index (κ3) is 8.60. The Balaban J connectivity index is 1.41. The Morgan fingerprint density at radius 2 is 1.50 bits per heavy atom. The van der Waals surface area contributed by atoms with Crippen molar-refractivity contribution in [2.45, 2.75) is 166 Å². The second-order valence-corrected chi connectivity index (χ2v) is 21.0. The minimum atomic E-state index is -3.52. The molecule has 11 heteroatoms. The van der Waals surface area contributed by atoms with Gasteiger partial charge in [0.15, 0.2) is 15.6 Å². The van der Waals surface area contributed by atoms with Crippen molar-refractivity contribution in [3.63, 3.8) is 0 Å². The Bertz CT molecular complexity index is 1420. The van der Waals surface area contributed by atoms with Gasteiger partial charge in [-0.05, 0) is 94.8 Å². The minimum absolute atomic E-state index is 0.0118. The van der Waals surface area contributed by atoms with Gasteiger partial charge in [0.2, 0.25) is 11.7 Å².